The summed E-state index contributed by atoms with van der Waals surface area (Å²) < 4.78 is 5.51. The van der Waals surface area contributed by atoms with Crippen LogP contribution in [0.5, 0.6) is 5.75 Å². The summed E-state index contributed by atoms with van der Waals surface area (Å²) in [6.07, 6.45) is 11.0. The third-order valence-electron chi connectivity index (χ3n) is 4.43. The Balaban J connectivity index is -0.000000249. The molecule has 0 aromatic heterocycles. The molecule has 0 radical (unpaired) electrons. The predicted octanol–water partition coefficient (Wildman–Crippen LogP) is 10.1. The van der Waals surface area contributed by atoms with Crippen LogP contribution < -0.4 is 10.9 Å². The van der Waals surface area contributed by atoms with Gasteiger partial charge in [0.1, 0.15) is 5.75 Å². The Morgan fingerprint density at radius 3 is 1.94 bits per heavy atom. The Morgan fingerprint density at radius 2 is 1.47 bits per heavy atom. The molecule has 1 aromatic rings. The van der Waals surface area contributed by atoms with E-state index in [2.05, 4.69) is 56.8 Å². The van der Waals surface area contributed by atoms with Gasteiger partial charge in [0.05, 0.1) is 6.61 Å². The first-order valence-corrected chi connectivity index (χ1v) is 11.6. The van der Waals surface area contributed by atoms with Crippen LogP contribution >= 0.6 is 0 Å². The van der Waals surface area contributed by atoms with Crippen LogP contribution in [-0.2, 0) is 27.5 Å². The molecule has 0 saturated carbocycles. The molecule has 2 nitrogen and oxygen atoms in total. The van der Waals surface area contributed by atoms with Crippen molar-refractivity contribution < 1.29 is 25.8 Å². The largest absolute Gasteiger partial charge is 0.494 e. The fraction of sp³-hybridized carbons (Fsp3) is 0.517. The Kier molecular flexibility index (Phi) is 35.4. The summed E-state index contributed by atoms with van der Waals surface area (Å²) in [6.45, 7) is 23.1. The summed E-state index contributed by atoms with van der Waals surface area (Å²) in [7, 11) is 0. The average Bonchev–Trinajstić information content (AvgIpc) is 2.78. The summed E-state index contributed by atoms with van der Waals surface area (Å²) in [5.74, 6) is 0.951. The van der Waals surface area contributed by atoms with Crippen LogP contribution in [0.1, 0.15) is 94.6 Å². The molecule has 1 aliphatic rings. The van der Waals surface area contributed by atoms with Crippen molar-refractivity contribution in [3.63, 3.8) is 0 Å². The number of hydrogen-bond donors (Lipinski definition) is 1. The molecule has 0 saturated heterocycles. The van der Waals surface area contributed by atoms with Gasteiger partial charge in [-0.05, 0) is 80.9 Å². The average molecular weight is 616 g/mol. The van der Waals surface area contributed by atoms with E-state index < -0.39 is 0 Å². The minimum absolute atomic E-state index is 0. The topological polar surface area (TPSA) is 44.2 Å². The molecular formula is C29H53NOW. The zero-order valence-electron chi connectivity index (χ0n) is 21.8. The van der Waals surface area contributed by atoms with Crippen molar-refractivity contribution >= 4 is 0 Å². The smallest absolute Gasteiger partial charge is 0.119 e. The summed E-state index contributed by atoms with van der Waals surface area (Å²) in [4.78, 5) is 0. The number of ether oxygens (including phenoxy) is 1. The molecule has 3 N–H and O–H groups in total. The molecule has 0 atom stereocenters. The van der Waals surface area contributed by atoms with Gasteiger partial charge >= 0.3 is 0 Å². The van der Waals surface area contributed by atoms with Gasteiger partial charge in [0.15, 0.2) is 0 Å². The number of hydrogen-bond acceptors (Lipinski definition) is 2. The molecular weight excluding hydrogens is 562 g/mol. The van der Waals surface area contributed by atoms with Gasteiger partial charge in [-0.15, -0.1) is 0 Å². The van der Waals surface area contributed by atoms with Gasteiger partial charge in [0.2, 0.25) is 0 Å². The van der Waals surface area contributed by atoms with Crippen molar-refractivity contribution in [1.29, 1.82) is 0 Å². The molecule has 1 aliphatic carbocycles. The first-order valence-electron chi connectivity index (χ1n) is 11.6. The number of benzene rings is 1. The molecule has 0 spiro atoms. The fourth-order valence-corrected chi connectivity index (χ4v) is 2.97. The van der Waals surface area contributed by atoms with Crippen LogP contribution in [0, 0.1) is 0 Å². The predicted molar refractivity (Wildman–Crippen MR) is 146 cm³/mol. The maximum atomic E-state index is 5.51. The molecule has 32 heavy (non-hydrogen) atoms. The molecule has 186 valence electrons. The number of allylic oxidation sites excluding steroid dienone is 7. The van der Waals surface area contributed by atoms with E-state index in [4.69, 9.17) is 4.74 Å². The molecule has 0 fully saturated rings. The van der Waals surface area contributed by atoms with E-state index in [0.717, 1.165) is 31.4 Å². The van der Waals surface area contributed by atoms with Crippen LogP contribution in [0.15, 0.2) is 71.4 Å². The van der Waals surface area contributed by atoms with Crippen LogP contribution in [0.2, 0.25) is 0 Å². The van der Waals surface area contributed by atoms with Crippen LogP contribution in [0.4, 0.5) is 0 Å². The molecule has 0 bridgehead atoms. The van der Waals surface area contributed by atoms with Gasteiger partial charge < -0.3 is 10.9 Å². The van der Waals surface area contributed by atoms with Crippen molar-refractivity contribution in [3.8, 4) is 5.75 Å². The molecule has 0 amide bonds. The van der Waals surface area contributed by atoms with Gasteiger partial charge in [-0.3, -0.25) is 0 Å². The third-order valence-corrected chi connectivity index (χ3v) is 4.43. The maximum absolute atomic E-state index is 5.51. The van der Waals surface area contributed by atoms with E-state index in [1.807, 2.05) is 54.5 Å². The second-order valence-corrected chi connectivity index (χ2v) is 6.08. The molecule has 0 unspecified atom stereocenters. The van der Waals surface area contributed by atoms with Gasteiger partial charge in [0.25, 0.3) is 0 Å². The molecule has 3 heteroatoms. The Hall–Kier alpha value is -1.37. The Labute approximate surface area is 216 Å². The van der Waals surface area contributed by atoms with E-state index in [1.54, 1.807) is 0 Å². The Bertz CT molecular complexity index is 640. The molecule has 1 aromatic carbocycles. The first kappa shape index (κ1) is 40.9. The number of rotatable bonds is 6. The van der Waals surface area contributed by atoms with E-state index in [0.29, 0.717) is 6.61 Å². The summed E-state index contributed by atoms with van der Waals surface area (Å²) in [5, 5.41) is 0. The minimum atomic E-state index is 0. The second-order valence-electron chi connectivity index (χ2n) is 6.08. The fourth-order valence-electron chi connectivity index (χ4n) is 2.97. The van der Waals surface area contributed by atoms with E-state index >= 15 is 0 Å². The summed E-state index contributed by atoms with van der Waals surface area (Å²) in [6, 6.07) is 8.47. The number of aryl methyl sites for hydroxylation is 1. The van der Waals surface area contributed by atoms with Crippen molar-refractivity contribution in [2.75, 3.05) is 6.61 Å². The van der Waals surface area contributed by atoms with Crippen LogP contribution in [0.3, 0.4) is 0 Å². The second kappa shape index (κ2) is 27.7. The maximum Gasteiger partial charge on any atom is 0.119 e. The molecule has 2 rings (SSSR count). The van der Waals surface area contributed by atoms with E-state index in [9.17, 15) is 0 Å². The van der Waals surface area contributed by atoms with Crippen LogP contribution in [0.25, 0.3) is 0 Å². The third kappa shape index (κ3) is 16.3. The van der Waals surface area contributed by atoms with Crippen molar-refractivity contribution in [3.05, 3.63) is 76.9 Å². The van der Waals surface area contributed by atoms with Gasteiger partial charge in [-0.2, -0.15) is 0 Å². The normalized spacial score (nSPS) is 15.5. The SMILES string of the molecule is C.C=C/C1=C(C)/C=C(/CCc2ccc(OCC)cc2)C(C)=CCC1.CC.CC.CC.N.[W]. The molecule has 0 heterocycles. The van der Waals surface area contributed by atoms with Gasteiger partial charge in [0, 0.05) is 21.1 Å². The molecule has 0 aliphatic heterocycles. The van der Waals surface area contributed by atoms with Crippen molar-refractivity contribution in [1.82, 2.24) is 6.15 Å². The summed E-state index contributed by atoms with van der Waals surface area (Å²) in [5.41, 5.74) is 6.94. The monoisotopic (exact) mass is 615 g/mol. The van der Waals surface area contributed by atoms with Crippen LogP contribution in [-0.4, -0.2) is 6.61 Å². The zero-order valence-corrected chi connectivity index (χ0v) is 24.7. The van der Waals surface area contributed by atoms with Crippen molar-refractivity contribution in [2.24, 2.45) is 0 Å². The van der Waals surface area contributed by atoms with Gasteiger partial charge in [-0.1, -0.05) is 91.5 Å². The van der Waals surface area contributed by atoms with Crippen molar-refractivity contribution in [2.45, 2.75) is 95.4 Å². The Morgan fingerprint density at radius 1 is 0.938 bits per heavy atom. The van der Waals surface area contributed by atoms with E-state index in [-0.39, 0.29) is 34.6 Å². The summed E-state index contributed by atoms with van der Waals surface area (Å²) >= 11 is 0. The first-order chi connectivity index (χ1) is 14.1. The minimum Gasteiger partial charge on any atom is -0.494 e. The van der Waals surface area contributed by atoms with E-state index in [1.165, 1.54) is 27.9 Å². The van der Waals surface area contributed by atoms with Gasteiger partial charge in [-0.25, -0.2) is 0 Å². The standard InChI is InChI=1S/C22H28O.3C2H6.CH4.H3N.W/c1-5-20-9-7-8-17(3)21(16-18(20)4)13-10-19-11-14-22(15-12-19)23-6-2;3*1-2;;;/h5,8,11-12,14-16H,1,6-7,9-10,13H2,2-4H3;3*1-2H3;1H4;1H3;/b17-8?,20-18-,21-16-;;;;;;. The quantitative estimate of drug-likeness (QED) is 0.346. The zero-order chi connectivity index (χ0) is 22.7.